The number of carbonyl (C=O) groups is 2. The van der Waals surface area contributed by atoms with Gasteiger partial charge < -0.3 is 20.1 Å². The minimum Gasteiger partial charge on any atom is -0.487 e. The van der Waals surface area contributed by atoms with Gasteiger partial charge in [0.25, 0.3) is 0 Å². The molecule has 0 aromatic heterocycles. The van der Waals surface area contributed by atoms with Crippen molar-refractivity contribution in [2.24, 2.45) is 5.92 Å². The van der Waals surface area contributed by atoms with Crippen LogP contribution in [0.4, 0.5) is 4.79 Å². The number of hydrogen-bond donors (Lipinski definition) is 2. The number of allylic oxidation sites excluding steroid dienone is 2. The van der Waals surface area contributed by atoms with Crippen molar-refractivity contribution < 1.29 is 19.1 Å². The van der Waals surface area contributed by atoms with Crippen molar-refractivity contribution in [2.75, 3.05) is 6.67 Å². The van der Waals surface area contributed by atoms with Gasteiger partial charge in [-0.05, 0) is 57.7 Å². The summed E-state index contributed by atoms with van der Waals surface area (Å²) in [5.41, 5.74) is 3.10. The van der Waals surface area contributed by atoms with Crippen LogP contribution in [0.1, 0.15) is 64.0 Å². The van der Waals surface area contributed by atoms with E-state index in [0.717, 1.165) is 42.6 Å². The molecule has 2 N–H and O–H groups in total. The van der Waals surface area contributed by atoms with Crippen LogP contribution in [-0.2, 0) is 11.2 Å². The molecule has 3 rings (SSSR count). The first kappa shape index (κ1) is 20.2. The Labute approximate surface area is 166 Å². The minimum absolute atomic E-state index is 0.0216. The van der Waals surface area contributed by atoms with Gasteiger partial charge in [-0.1, -0.05) is 25.0 Å². The van der Waals surface area contributed by atoms with E-state index in [0.29, 0.717) is 18.1 Å². The van der Waals surface area contributed by atoms with Gasteiger partial charge in [0.15, 0.2) is 0 Å². The van der Waals surface area contributed by atoms with Crippen LogP contribution in [0, 0.1) is 5.92 Å². The van der Waals surface area contributed by atoms with Crippen LogP contribution in [-0.4, -0.2) is 24.8 Å². The van der Waals surface area contributed by atoms with Gasteiger partial charge in [0.2, 0.25) is 6.41 Å². The molecule has 1 aliphatic heterocycles. The highest BCUT2D eigenvalue weighted by molar-refractivity contribution is 5.72. The summed E-state index contributed by atoms with van der Waals surface area (Å²) in [5, 5.41) is 4.92. The van der Waals surface area contributed by atoms with Crippen molar-refractivity contribution in [3.63, 3.8) is 0 Å². The summed E-state index contributed by atoms with van der Waals surface area (Å²) in [5.74, 6) is 1.82. The average molecular weight is 386 g/mol. The summed E-state index contributed by atoms with van der Waals surface area (Å²) < 4.78 is 12.1. The topological polar surface area (TPSA) is 76.7 Å². The van der Waals surface area contributed by atoms with E-state index >= 15 is 0 Å². The molecular weight excluding hydrogens is 356 g/mol. The molecule has 0 radical (unpaired) electrons. The Kier molecular flexibility index (Phi) is 5.96. The fraction of sp³-hybridized carbons (Fsp3) is 0.545. The lowest BCUT2D eigenvalue weighted by Gasteiger charge is -2.46. The quantitative estimate of drug-likeness (QED) is 0.335. The highest BCUT2D eigenvalue weighted by Crippen LogP contribution is 2.53. The van der Waals surface area contributed by atoms with Crippen LogP contribution in [0.25, 0.3) is 0 Å². The lowest BCUT2D eigenvalue weighted by Crippen LogP contribution is -2.45. The largest absolute Gasteiger partial charge is 0.487 e. The number of ether oxygens (including phenoxy) is 2. The van der Waals surface area contributed by atoms with Gasteiger partial charge in [0.05, 0.1) is 6.67 Å². The van der Waals surface area contributed by atoms with Crippen LogP contribution in [0.5, 0.6) is 11.5 Å². The van der Waals surface area contributed by atoms with E-state index in [4.69, 9.17) is 9.47 Å². The van der Waals surface area contributed by atoms with E-state index in [1.807, 2.05) is 6.07 Å². The second-order valence-corrected chi connectivity index (χ2v) is 8.21. The Bertz CT molecular complexity index is 785. The van der Waals surface area contributed by atoms with Gasteiger partial charge in [-0.15, -0.1) is 0 Å². The van der Waals surface area contributed by atoms with Gasteiger partial charge in [-0.25, -0.2) is 4.79 Å². The molecule has 1 aromatic rings. The summed E-state index contributed by atoms with van der Waals surface area (Å²) in [6.07, 6.45) is 6.21. The zero-order valence-electron chi connectivity index (χ0n) is 17.1. The van der Waals surface area contributed by atoms with E-state index in [2.05, 4.69) is 50.5 Å². The zero-order chi connectivity index (χ0) is 20.3. The number of carbonyl (C=O) groups excluding carboxylic acids is 2. The number of nitrogens with one attached hydrogen (secondary N) is 2. The van der Waals surface area contributed by atoms with Gasteiger partial charge in [-0.2, -0.15) is 0 Å². The molecular formula is C22H30N2O4. The Hall–Kier alpha value is -2.50. The van der Waals surface area contributed by atoms with Crippen LogP contribution in [0.2, 0.25) is 0 Å². The van der Waals surface area contributed by atoms with E-state index < -0.39 is 6.09 Å². The molecule has 1 aliphatic carbocycles. The highest BCUT2D eigenvalue weighted by atomic mass is 16.6. The number of hydrogen-bond acceptors (Lipinski definition) is 4. The number of amides is 2. The summed E-state index contributed by atoms with van der Waals surface area (Å²) in [4.78, 5) is 22.6. The Morgan fingerprint density at radius 1 is 1.39 bits per heavy atom. The molecule has 2 unspecified atom stereocenters. The fourth-order valence-corrected chi connectivity index (χ4v) is 4.38. The molecule has 28 heavy (non-hydrogen) atoms. The molecule has 0 saturated heterocycles. The predicted molar refractivity (Wildman–Crippen MR) is 108 cm³/mol. The number of benzene rings is 1. The Morgan fingerprint density at radius 2 is 2.18 bits per heavy atom. The molecule has 152 valence electrons. The normalized spacial score (nSPS) is 22.1. The van der Waals surface area contributed by atoms with Crippen LogP contribution < -0.4 is 20.1 Å². The van der Waals surface area contributed by atoms with Crippen molar-refractivity contribution in [1.29, 1.82) is 0 Å². The molecule has 6 nitrogen and oxygen atoms in total. The average Bonchev–Trinajstić information content (AvgIpc) is 2.61. The molecule has 2 atom stereocenters. The molecule has 6 heteroatoms. The van der Waals surface area contributed by atoms with E-state index in [-0.39, 0.29) is 18.2 Å². The molecule has 2 aliphatic rings. The van der Waals surface area contributed by atoms with Crippen LogP contribution >= 0.6 is 0 Å². The fourth-order valence-electron chi connectivity index (χ4n) is 4.38. The number of fused-ring (bicyclic) bond motifs is 3. The van der Waals surface area contributed by atoms with E-state index in [1.54, 1.807) is 0 Å². The SMILES string of the molecule is CCCc1cc(OC(=O)NCNC=O)c2c(c1)OC(C)(C)C1CCC(C)=CC21. The molecule has 0 spiro atoms. The van der Waals surface area contributed by atoms with Crippen LogP contribution in [0.15, 0.2) is 23.8 Å². The van der Waals surface area contributed by atoms with E-state index in [9.17, 15) is 9.59 Å². The highest BCUT2D eigenvalue weighted by Gasteiger charge is 2.45. The molecule has 1 heterocycles. The zero-order valence-corrected chi connectivity index (χ0v) is 17.1. The predicted octanol–water partition coefficient (Wildman–Crippen LogP) is 4.04. The lowest BCUT2D eigenvalue weighted by atomic mass is 9.68. The summed E-state index contributed by atoms with van der Waals surface area (Å²) in [6, 6.07) is 4.04. The summed E-state index contributed by atoms with van der Waals surface area (Å²) >= 11 is 0. The Morgan fingerprint density at radius 3 is 2.89 bits per heavy atom. The third-order valence-electron chi connectivity index (χ3n) is 5.67. The molecule has 0 fully saturated rings. The third kappa shape index (κ3) is 4.16. The smallest absolute Gasteiger partial charge is 0.414 e. The Balaban J connectivity index is 2.02. The first-order chi connectivity index (χ1) is 13.4. The van der Waals surface area contributed by atoms with Crippen molar-refractivity contribution in [3.8, 4) is 11.5 Å². The second-order valence-electron chi connectivity index (χ2n) is 8.21. The maximum atomic E-state index is 12.2. The monoisotopic (exact) mass is 386 g/mol. The third-order valence-corrected chi connectivity index (χ3v) is 5.67. The first-order valence-electron chi connectivity index (χ1n) is 10.0. The molecule has 0 saturated carbocycles. The second kappa shape index (κ2) is 8.25. The first-order valence-corrected chi connectivity index (χ1v) is 10.0. The van der Waals surface area contributed by atoms with Gasteiger partial charge in [-0.3, -0.25) is 4.79 Å². The van der Waals surface area contributed by atoms with Gasteiger partial charge in [0.1, 0.15) is 17.1 Å². The maximum Gasteiger partial charge on any atom is 0.414 e. The lowest BCUT2D eigenvalue weighted by molar-refractivity contribution is -0.109. The van der Waals surface area contributed by atoms with Crippen molar-refractivity contribution in [3.05, 3.63) is 34.9 Å². The standard InChI is InChI=1S/C22H30N2O4/c1-5-6-15-10-18(27-21(26)24-12-23-13-25)20-16-9-14(2)7-8-17(16)22(3,4)28-19(20)11-15/h9-11,13,16-17H,5-8,12H2,1-4H3,(H,23,25)(H,24,26). The summed E-state index contributed by atoms with van der Waals surface area (Å²) in [7, 11) is 0. The van der Waals surface area contributed by atoms with Gasteiger partial charge in [0, 0.05) is 17.4 Å². The minimum atomic E-state index is -0.594. The number of aryl methyl sites for hydroxylation is 1. The maximum absolute atomic E-state index is 12.2. The molecule has 1 aromatic carbocycles. The van der Waals surface area contributed by atoms with E-state index in [1.165, 1.54) is 5.57 Å². The van der Waals surface area contributed by atoms with Crippen molar-refractivity contribution in [2.45, 2.75) is 64.9 Å². The van der Waals surface area contributed by atoms with Crippen molar-refractivity contribution >= 4 is 12.5 Å². The van der Waals surface area contributed by atoms with Crippen LogP contribution in [0.3, 0.4) is 0 Å². The number of rotatable bonds is 6. The van der Waals surface area contributed by atoms with Crippen molar-refractivity contribution in [1.82, 2.24) is 10.6 Å². The molecule has 2 amide bonds. The van der Waals surface area contributed by atoms with Gasteiger partial charge >= 0.3 is 6.09 Å². The molecule has 0 bridgehead atoms. The summed E-state index contributed by atoms with van der Waals surface area (Å²) in [6.45, 7) is 8.58.